The molecule has 0 aromatic carbocycles. The Kier molecular flexibility index (Phi) is 5.69. The van der Waals surface area contributed by atoms with Crippen molar-refractivity contribution in [3.05, 3.63) is 0 Å². The number of amides is 1. The van der Waals surface area contributed by atoms with Crippen LogP contribution in [0.5, 0.6) is 0 Å². The van der Waals surface area contributed by atoms with Crippen LogP contribution in [0.15, 0.2) is 0 Å². The van der Waals surface area contributed by atoms with E-state index in [1.165, 1.54) is 6.42 Å². The van der Waals surface area contributed by atoms with Gasteiger partial charge in [0.15, 0.2) is 0 Å². The Labute approximate surface area is 102 Å². The van der Waals surface area contributed by atoms with Crippen molar-refractivity contribution in [2.45, 2.75) is 25.7 Å². The van der Waals surface area contributed by atoms with E-state index in [1.807, 2.05) is 4.90 Å². The fraction of sp³-hybridized carbons (Fsp3) is 0.818. The third-order valence-corrected chi connectivity index (χ3v) is 3.16. The molecule has 0 unspecified atom stereocenters. The van der Waals surface area contributed by atoms with Crippen molar-refractivity contribution in [1.82, 2.24) is 4.90 Å². The van der Waals surface area contributed by atoms with Gasteiger partial charge in [0.05, 0.1) is 11.6 Å². The molecular formula is C11H20N2O2S. The van der Waals surface area contributed by atoms with Gasteiger partial charge in [0.25, 0.3) is 0 Å². The quantitative estimate of drug-likeness (QED) is 0.677. The smallest absolute Gasteiger partial charge is 0.225 e. The minimum atomic E-state index is 0.225. The summed E-state index contributed by atoms with van der Waals surface area (Å²) in [5, 5.41) is 0. The number of nitrogens with zero attached hydrogens (tertiary/aromatic N) is 1. The van der Waals surface area contributed by atoms with E-state index in [0.717, 1.165) is 12.8 Å². The minimum Gasteiger partial charge on any atom is -0.393 e. The zero-order valence-electron chi connectivity index (χ0n) is 9.78. The summed E-state index contributed by atoms with van der Waals surface area (Å²) in [5.74, 6) is 0.461. The van der Waals surface area contributed by atoms with Crippen molar-refractivity contribution in [1.29, 1.82) is 0 Å². The molecule has 0 saturated heterocycles. The molecule has 0 spiro atoms. The van der Waals surface area contributed by atoms with Gasteiger partial charge in [-0.2, -0.15) is 0 Å². The lowest BCUT2D eigenvalue weighted by Gasteiger charge is -2.31. The second kappa shape index (κ2) is 6.81. The molecule has 5 heteroatoms. The zero-order valence-corrected chi connectivity index (χ0v) is 10.6. The predicted octanol–water partition coefficient (Wildman–Crippen LogP) is 0.938. The molecule has 0 aromatic rings. The molecule has 1 fully saturated rings. The van der Waals surface area contributed by atoms with Crippen LogP contribution < -0.4 is 5.73 Å². The van der Waals surface area contributed by atoms with Crippen molar-refractivity contribution in [3.8, 4) is 0 Å². The highest BCUT2D eigenvalue weighted by Crippen LogP contribution is 2.28. The standard InChI is InChI=1S/C11H20N2O2S/c1-15-8-7-13(6-5-10(12)16)11(14)9-3-2-4-9/h9H,2-8H2,1H3,(H2,12,16). The lowest BCUT2D eigenvalue weighted by atomic mass is 9.84. The second-order valence-corrected chi connectivity index (χ2v) is 4.69. The molecule has 0 atom stereocenters. The van der Waals surface area contributed by atoms with Crippen LogP contribution in [0.1, 0.15) is 25.7 Å². The molecule has 1 aliphatic carbocycles. The summed E-state index contributed by atoms with van der Waals surface area (Å²) in [4.78, 5) is 14.3. The number of carbonyl (C=O) groups is 1. The number of rotatable bonds is 7. The van der Waals surface area contributed by atoms with E-state index >= 15 is 0 Å². The highest BCUT2D eigenvalue weighted by atomic mass is 32.1. The number of methoxy groups -OCH3 is 1. The van der Waals surface area contributed by atoms with E-state index in [-0.39, 0.29) is 11.8 Å². The number of hydrogen-bond donors (Lipinski definition) is 1. The number of nitrogens with two attached hydrogens (primary N) is 1. The third-order valence-electron chi connectivity index (χ3n) is 2.96. The maximum absolute atomic E-state index is 12.0. The minimum absolute atomic E-state index is 0.225. The maximum atomic E-state index is 12.0. The molecule has 0 heterocycles. The summed E-state index contributed by atoms with van der Waals surface area (Å²) < 4.78 is 5.00. The van der Waals surface area contributed by atoms with Crippen molar-refractivity contribution in [2.75, 3.05) is 26.8 Å². The first-order chi connectivity index (χ1) is 7.65. The second-order valence-electron chi connectivity index (χ2n) is 4.16. The Morgan fingerprint density at radius 2 is 2.19 bits per heavy atom. The molecular weight excluding hydrogens is 224 g/mol. The van der Waals surface area contributed by atoms with Crippen molar-refractivity contribution < 1.29 is 9.53 Å². The normalized spacial score (nSPS) is 15.6. The molecule has 0 aliphatic heterocycles. The first kappa shape index (κ1) is 13.4. The average Bonchev–Trinajstić information content (AvgIpc) is 2.14. The Hall–Kier alpha value is -0.680. The van der Waals surface area contributed by atoms with Crippen LogP contribution in [0.2, 0.25) is 0 Å². The molecule has 1 amide bonds. The first-order valence-electron chi connectivity index (χ1n) is 5.71. The summed E-state index contributed by atoms with van der Waals surface area (Å²) in [6.45, 7) is 1.82. The Bertz CT molecular complexity index is 254. The molecule has 16 heavy (non-hydrogen) atoms. The maximum Gasteiger partial charge on any atom is 0.225 e. The van der Waals surface area contributed by atoms with Gasteiger partial charge in [-0.05, 0) is 12.8 Å². The van der Waals surface area contributed by atoms with Crippen LogP contribution in [0.25, 0.3) is 0 Å². The molecule has 1 aliphatic rings. The van der Waals surface area contributed by atoms with Gasteiger partial charge in [-0.1, -0.05) is 18.6 Å². The average molecular weight is 244 g/mol. The topological polar surface area (TPSA) is 55.6 Å². The highest BCUT2D eigenvalue weighted by molar-refractivity contribution is 7.80. The molecule has 1 rings (SSSR count). The third kappa shape index (κ3) is 4.06. The first-order valence-corrected chi connectivity index (χ1v) is 6.12. The molecule has 1 saturated carbocycles. The Balaban J connectivity index is 2.40. The van der Waals surface area contributed by atoms with Gasteiger partial charge >= 0.3 is 0 Å². The van der Waals surface area contributed by atoms with Gasteiger partial charge in [0.2, 0.25) is 5.91 Å². The lowest BCUT2D eigenvalue weighted by molar-refractivity contribution is -0.138. The van der Waals surface area contributed by atoms with Gasteiger partial charge in [0, 0.05) is 32.5 Å². The van der Waals surface area contributed by atoms with Crippen LogP contribution in [0, 0.1) is 5.92 Å². The highest BCUT2D eigenvalue weighted by Gasteiger charge is 2.28. The summed E-state index contributed by atoms with van der Waals surface area (Å²) in [6.07, 6.45) is 3.81. The van der Waals surface area contributed by atoms with Gasteiger partial charge in [-0.3, -0.25) is 4.79 Å². The summed E-state index contributed by atoms with van der Waals surface area (Å²) in [5.41, 5.74) is 5.45. The van der Waals surface area contributed by atoms with Gasteiger partial charge in [-0.15, -0.1) is 0 Å². The van der Waals surface area contributed by atoms with Gasteiger partial charge in [-0.25, -0.2) is 0 Å². The summed E-state index contributed by atoms with van der Waals surface area (Å²) in [6, 6.07) is 0. The molecule has 92 valence electrons. The van der Waals surface area contributed by atoms with Crippen molar-refractivity contribution in [3.63, 3.8) is 0 Å². The zero-order chi connectivity index (χ0) is 12.0. The van der Waals surface area contributed by atoms with E-state index in [2.05, 4.69) is 0 Å². The number of carbonyl (C=O) groups excluding carboxylic acids is 1. The van der Waals surface area contributed by atoms with Crippen LogP contribution in [-0.2, 0) is 9.53 Å². The molecule has 0 radical (unpaired) electrons. The molecule has 4 nitrogen and oxygen atoms in total. The van der Waals surface area contributed by atoms with Crippen molar-refractivity contribution >= 4 is 23.1 Å². The Morgan fingerprint density at radius 3 is 2.62 bits per heavy atom. The van der Waals surface area contributed by atoms with Crippen molar-refractivity contribution in [2.24, 2.45) is 11.7 Å². The lowest BCUT2D eigenvalue weighted by Crippen LogP contribution is -2.42. The summed E-state index contributed by atoms with van der Waals surface area (Å²) >= 11 is 4.83. The van der Waals surface area contributed by atoms with E-state index < -0.39 is 0 Å². The Morgan fingerprint density at radius 1 is 1.50 bits per heavy atom. The van der Waals surface area contributed by atoms with Crippen LogP contribution in [0.3, 0.4) is 0 Å². The molecule has 2 N–H and O–H groups in total. The van der Waals surface area contributed by atoms with E-state index in [1.54, 1.807) is 7.11 Å². The van der Waals surface area contributed by atoms with Gasteiger partial charge < -0.3 is 15.4 Å². The van der Waals surface area contributed by atoms with E-state index in [4.69, 9.17) is 22.7 Å². The van der Waals surface area contributed by atoms with Crippen LogP contribution >= 0.6 is 12.2 Å². The monoisotopic (exact) mass is 244 g/mol. The summed E-state index contributed by atoms with van der Waals surface area (Å²) in [7, 11) is 1.64. The molecule has 0 bridgehead atoms. The van der Waals surface area contributed by atoms with E-state index in [9.17, 15) is 4.79 Å². The van der Waals surface area contributed by atoms with Crippen LogP contribution in [0.4, 0.5) is 0 Å². The van der Waals surface area contributed by atoms with Crippen LogP contribution in [-0.4, -0.2) is 42.6 Å². The fourth-order valence-electron chi connectivity index (χ4n) is 1.69. The fourth-order valence-corrected chi connectivity index (χ4v) is 1.78. The number of thiocarbonyl (C=S) groups is 1. The predicted molar refractivity (Wildman–Crippen MR) is 67.2 cm³/mol. The molecule has 0 aromatic heterocycles. The number of ether oxygens (including phenoxy) is 1. The number of hydrogen-bond acceptors (Lipinski definition) is 3. The van der Waals surface area contributed by atoms with E-state index in [0.29, 0.717) is 31.1 Å². The SMILES string of the molecule is COCCN(CCC(N)=S)C(=O)C1CCC1. The van der Waals surface area contributed by atoms with Gasteiger partial charge in [0.1, 0.15) is 0 Å². The largest absolute Gasteiger partial charge is 0.393 e.